The number of allylic oxidation sites excluding steroid dienone is 1. The van der Waals surface area contributed by atoms with Crippen LogP contribution in [0.25, 0.3) is 0 Å². The maximum Gasteiger partial charge on any atom is 0.123 e. The fraction of sp³-hybridized carbons (Fsp3) is 0.444. The molecule has 1 aliphatic rings. The molecular formula is C18H24FN3. The molecule has 0 aliphatic carbocycles. The highest BCUT2D eigenvalue weighted by atomic mass is 19.1. The number of aliphatic imine (C=N–C) groups is 1. The first-order chi connectivity index (χ1) is 10.4. The second kappa shape index (κ2) is 6.91. The number of hydrogen-bond acceptors (Lipinski definition) is 3. The van der Waals surface area contributed by atoms with E-state index < -0.39 is 0 Å². The van der Waals surface area contributed by atoms with Gasteiger partial charge in [-0.15, -0.1) is 5.73 Å². The molecule has 1 unspecified atom stereocenters. The lowest BCUT2D eigenvalue weighted by Gasteiger charge is -2.19. The number of likely N-dealkylation sites (tertiary alicyclic amines) is 1. The zero-order valence-electron chi connectivity index (χ0n) is 13.8. The zero-order valence-corrected chi connectivity index (χ0v) is 13.8. The summed E-state index contributed by atoms with van der Waals surface area (Å²) in [5.41, 5.74) is 6.61. The van der Waals surface area contributed by atoms with Crippen LogP contribution in [-0.2, 0) is 0 Å². The molecule has 1 saturated heterocycles. The summed E-state index contributed by atoms with van der Waals surface area (Å²) in [6.07, 6.45) is 0.991. The first-order valence-corrected chi connectivity index (χ1v) is 7.55. The summed E-state index contributed by atoms with van der Waals surface area (Å²) in [5, 5.41) is 3.42. The van der Waals surface area contributed by atoms with Crippen molar-refractivity contribution >= 4 is 11.4 Å². The fourth-order valence-corrected chi connectivity index (χ4v) is 2.96. The molecule has 1 aromatic rings. The molecule has 0 amide bonds. The van der Waals surface area contributed by atoms with E-state index in [1.54, 1.807) is 6.07 Å². The van der Waals surface area contributed by atoms with E-state index in [1.165, 1.54) is 12.1 Å². The summed E-state index contributed by atoms with van der Waals surface area (Å²) in [6.45, 7) is 10.5. The van der Waals surface area contributed by atoms with E-state index in [0.717, 1.165) is 35.6 Å². The number of halogens is 1. The van der Waals surface area contributed by atoms with Gasteiger partial charge in [0.1, 0.15) is 5.82 Å². The number of aryl methyl sites for hydroxylation is 1. The van der Waals surface area contributed by atoms with Crippen LogP contribution in [0, 0.1) is 12.7 Å². The predicted octanol–water partition coefficient (Wildman–Crippen LogP) is 3.58. The standard InChI is InChI=1S/C18H24FN3/c1-6-13(3)20-16-10-18(22(5)11-16)14(4)21-17-8-7-15(19)9-12(17)2/h7-9,16,18,20H,1,10-11H2,2-5H3/b21-14+/t16?,18-/m0/s1. The van der Waals surface area contributed by atoms with Gasteiger partial charge in [-0.05, 0) is 58.0 Å². The van der Waals surface area contributed by atoms with Crippen molar-refractivity contribution in [2.45, 2.75) is 39.3 Å². The fourth-order valence-electron chi connectivity index (χ4n) is 2.96. The van der Waals surface area contributed by atoms with Crippen LogP contribution in [0.4, 0.5) is 10.1 Å². The van der Waals surface area contributed by atoms with Crippen LogP contribution >= 0.6 is 0 Å². The van der Waals surface area contributed by atoms with Gasteiger partial charge in [-0.25, -0.2) is 4.39 Å². The monoisotopic (exact) mass is 301 g/mol. The van der Waals surface area contributed by atoms with Gasteiger partial charge < -0.3 is 5.32 Å². The average molecular weight is 301 g/mol. The van der Waals surface area contributed by atoms with Crippen molar-refractivity contribution in [3.8, 4) is 0 Å². The highest BCUT2D eigenvalue weighted by Gasteiger charge is 2.31. The Hall–Kier alpha value is -1.90. The Balaban J connectivity index is 2.13. The minimum Gasteiger partial charge on any atom is -0.378 e. The molecule has 3 nitrogen and oxygen atoms in total. The van der Waals surface area contributed by atoms with Crippen LogP contribution in [0.5, 0.6) is 0 Å². The molecule has 118 valence electrons. The molecular weight excluding hydrogens is 277 g/mol. The first kappa shape index (κ1) is 16.5. The topological polar surface area (TPSA) is 27.6 Å². The number of benzene rings is 1. The van der Waals surface area contributed by atoms with Crippen LogP contribution in [0.15, 0.2) is 41.2 Å². The maximum atomic E-state index is 13.2. The van der Waals surface area contributed by atoms with E-state index in [9.17, 15) is 4.39 Å². The Morgan fingerprint density at radius 1 is 1.45 bits per heavy atom. The van der Waals surface area contributed by atoms with Crippen molar-refractivity contribution in [1.82, 2.24) is 10.2 Å². The van der Waals surface area contributed by atoms with E-state index in [0.29, 0.717) is 12.1 Å². The Morgan fingerprint density at radius 2 is 2.18 bits per heavy atom. The Labute approximate surface area is 132 Å². The van der Waals surface area contributed by atoms with Crippen molar-refractivity contribution in [3.63, 3.8) is 0 Å². The van der Waals surface area contributed by atoms with Gasteiger partial charge in [-0.1, -0.05) is 6.58 Å². The van der Waals surface area contributed by atoms with Gasteiger partial charge in [0, 0.05) is 24.3 Å². The molecule has 0 aromatic heterocycles. The van der Waals surface area contributed by atoms with Crippen LogP contribution < -0.4 is 5.32 Å². The van der Waals surface area contributed by atoms with Crippen molar-refractivity contribution in [1.29, 1.82) is 0 Å². The molecule has 2 rings (SSSR count). The molecule has 0 bridgehead atoms. The van der Waals surface area contributed by atoms with Gasteiger partial charge in [-0.3, -0.25) is 9.89 Å². The number of likely N-dealkylation sites (N-methyl/N-ethyl adjacent to an activating group) is 1. The van der Waals surface area contributed by atoms with Gasteiger partial charge >= 0.3 is 0 Å². The van der Waals surface area contributed by atoms with Gasteiger partial charge in [-0.2, -0.15) is 0 Å². The lowest BCUT2D eigenvalue weighted by Crippen LogP contribution is -2.31. The van der Waals surface area contributed by atoms with Gasteiger partial charge in [0.25, 0.3) is 0 Å². The van der Waals surface area contributed by atoms with Crippen molar-refractivity contribution < 1.29 is 4.39 Å². The molecule has 0 saturated carbocycles. The Kier molecular flexibility index (Phi) is 5.17. The van der Waals surface area contributed by atoms with E-state index in [2.05, 4.69) is 29.6 Å². The molecule has 1 heterocycles. The average Bonchev–Trinajstić information content (AvgIpc) is 2.82. The summed E-state index contributed by atoms with van der Waals surface area (Å²) in [5.74, 6) is -0.219. The van der Waals surface area contributed by atoms with E-state index in [4.69, 9.17) is 4.99 Å². The number of nitrogens with one attached hydrogen (secondary N) is 1. The first-order valence-electron chi connectivity index (χ1n) is 7.55. The summed E-state index contributed by atoms with van der Waals surface area (Å²) in [6, 6.07) is 5.39. The van der Waals surface area contributed by atoms with Crippen LogP contribution in [0.3, 0.4) is 0 Å². The van der Waals surface area contributed by atoms with Crippen molar-refractivity contribution in [2.75, 3.05) is 13.6 Å². The molecule has 0 spiro atoms. The Bertz CT molecular complexity index is 629. The van der Waals surface area contributed by atoms with Crippen molar-refractivity contribution in [3.05, 3.63) is 47.6 Å². The lowest BCUT2D eigenvalue weighted by atomic mass is 10.1. The number of nitrogens with zero attached hydrogens (tertiary/aromatic N) is 2. The SMILES string of the molecule is C=C=C(C)NC1C[C@@H](/C(C)=N/c2ccc(F)cc2C)N(C)C1. The molecule has 1 N–H and O–H groups in total. The lowest BCUT2D eigenvalue weighted by molar-refractivity contribution is 0.365. The highest BCUT2D eigenvalue weighted by Crippen LogP contribution is 2.23. The molecule has 2 atom stereocenters. The van der Waals surface area contributed by atoms with Crippen LogP contribution in [-0.4, -0.2) is 36.3 Å². The summed E-state index contributed by atoms with van der Waals surface area (Å²) >= 11 is 0. The third-order valence-electron chi connectivity index (χ3n) is 4.17. The quantitative estimate of drug-likeness (QED) is 0.680. The number of rotatable bonds is 4. The highest BCUT2D eigenvalue weighted by molar-refractivity contribution is 5.90. The minimum atomic E-state index is -0.219. The van der Waals surface area contributed by atoms with E-state index in [-0.39, 0.29) is 5.82 Å². The van der Waals surface area contributed by atoms with Crippen LogP contribution in [0.2, 0.25) is 0 Å². The molecule has 1 fully saturated rings. The maximum absolute atomic E-state index is 13.2. The van der Waals surface area contributed by atoms with Crippen LogP contribution in [0.1, 0.15) is 25.8 Å². The molecule has 1 aliphatic heterocycles. The Morgan fingerprint density at radius 3 is 2.82 bits per heavy atom. The normalized spacial score (nSPS) is 22.5. The van der Waals surface area contributed by atoms with E-state index >= 15 is 0 Å². The third-order valence-corrected chi connectivity index (χ3v) is 4.17. The second-order valence-corrected chi connectivity index (χ2v) is 6.02. The predicted molar refractivity (Wildman–Crippen MR) is 90.2 cm³/mol. The summed E-state index contributed by atoms with van der Waals surface area (Å²) < 4.78 is 13.2. The smallest absolute Gasteiger partial charge is 0.123 e. The number of hydrogen-bond donors (Lipinski definition) is 1. The molecule has 0 radical (unpaired) electrons. The molecule has 1 aromatic carbocycles. The third kappa shape index (κ3) is 3.85. The van der Waals surface area contributed by atoms with Gasteiger partial charge in [0.2, 0.25) is 0 Å². The molecule has 22 heavy (non-hydrogen) atoms. The zero-order chi connectivity index (χ0) is 16.3. The molecule has 4 heteroatoms. The summed E-state index contributed by atoms with van der Waals surface area (Å²) in [4.78, 5) is 7.01. The largest absolute Gasteiger partial charge is 0.378 e. The van der Waals surface area contributed by atoms with E-state index in [1.807, 2.05) is 20.8 Å². The summed E-state index contributed by atoms with van der Waals surface area (Å²) in [7, 11) is 2.11. The second-order valence-electron chi connectivity index (χ2n) is 6.02. The van der Waals surface area contributed by atoms with Gasteiger partial charge in [0.05, 0.1) is 11.4 Å². The van der Waals surface area contributed by atoms with Crippen molar-refractivity contribution in [2.24, 2.45) is 4.99 Å². The minimum absolute atomic E-state index is 0.219. The van der Waals surface area contributed by atoms with Gasteiger partial charge in [0.15, 0.2) is 0 Å².